The molecule has 0 saturated carbocycles. The number of rotatable bonds is 3. The molecular weight excluding hydrogens is 572 g/mol. The molecule has 2 nitrogen and oxygen atoms in total. The van der Waals surface area contributed by atoms with Gasteiger partial charge < -0.3 is 8.83 Å². The fourth-order valence-corrected chi connectivity index (χ4v) is 7.88. The van der Waals surface area contributed by atoms with Gasteiger partial charge in [0, 0.05) is 43.6 Å². The fourth-order valence-electron chi connectivity index (χ4n) is 7.88. The van der Waals surface area contributed by atoms with Gasteiger partial charge in [-0.3, -0.25) is 0 Å². The summed E-state index contributed by atoms with van der Waals surface area (Å²) in [6, 6.07) is 49.6. The van der Waals surface area contributed by atoms with E-state index in [1.165, 1.54) is 33.0 Å². The van der Waals surface area contributed by atoms with Crippen molar-refractivity contribution < 1.29 is 8.83 Å². The second-order valence-electron chi connectivity index (χ2n) is 12.7. The van der Waals surface area contributed by atoms with Gasteiger partial charge in [0.15, 0.2) is 11.2 Å². The van der Waals surface area contributed by atoms with Crippen LogP contribution in [0.5, 0.6) is 0 Å². The van der Waals surface area contributed by atoms with Crippen LogP contribution in [0, 0.1) is 18.1 Å². The number of allylic oxidation sites excluding steroid dienone is 4. The molecule has 1 atom stereocenters. The molecule has 7 aromatic carbocycles. The van der Waals surface area contributed by atoms with Crippen molar-refractivity contribution >= 4 is 76.6 Å². The SMILES string of the molecule is CC1CC(c2ccccc2)=CC=C1c1c2c#cccc2c(-c2cccc3c2oc2c3ccc3c4ccccc4oc32)c2ccccc12. The van der Waals surface area contributed by atoms with Crippen LogP contribution in [0.3, 0.4) is 0 Å². The van der Waals surface area contributed by atoms with E-state index in [9.17, 15) is 0 Å². The first kappa shape index (κ1) is 26.2. The highest BCUT2D eigenvalue weighted by atomic mass is 16.4. The highest BCUT2D eigenvalue weighted by molar-refractivity contribution is 6.24. The summed E-state index contributed by atoms with van der Waals surface area (Å²) in [4.78, 5) is 0. The zero-order valence-electron chi connectivity index (χ0n) is 25.8. The van der Waals surface area contributed by atoms with E-state index in [1.807, 2.05) is 18.2 Å². The summed E-state index contributed by atoms with van der Waals surface area (Å²) in [6.45, 7) is 2.34. The summed E-state index contributed by atoms with van der Waals surface area (Å²) in [6.07, 6.45) is 5.62. The number of hydrogen-bond donors (Lipinski definition) is 0. The first-order valence-corrected chi connectivity index (χ1v) is 16.2. The topological polar surface area (TPSA) is 26.3 Å². The van der Waals surface area contributed by atoms with E-state index < -0.39 is 0 Å². The van der Waals surface area contributed by atoms with Gasteiger partial charge in [0.1, 0.15) is 11.2 Å². The number of benzene rings is 6. The minimum absolute atomic E-state index is 0.339. The van der Waals surface area contributed by atoms with Gasteiger partial charge >= 0.3 is 0 Å². The second kappa shape index (κ2) is 9.98. The van der Waals surface area contributed by atoms with Gasteiger partial charge in [0.2, 0.25) is 0 Å². The van der Waals surface area contributed by atoms with Crippen molar-refractivity contribution in [3.63, 3.8) is 0 Å². The lowest BCUT2D eigenvalue weighted by molar-refractivity contribution is 0.634. The molecule has 0 aliphatic heterocycles. The molecule has 2 aromatic heterocycles. The van der Waals surface area contributed by atoms with E-state index in [4.69, 9.17) is 8.83 Å². The number of hydrogen-bond acceptors (Lipinski definition) is 2. The van der Waals surface area contributed by atoms with Crippen molar-refractivity contribution in [2.24, 2.45) is 5.92 Å². The van der Waals surface area contributed by atoms with Gasteiger partial charge in [0.05, 0.1) is 0 Å². The van der Waals surface area contributed by atoms with Crippen molar-refractivity contribution in [1.82, 2.24) is 0 Å². The summed E-state index contributed by atoms with van der Waals surface area (Å²) in [5, 5.41) is 8.94. The number of fused-ring (bicyclic) bond motifs is 9. The Labute approximate surface area is 271 Å². The Morgan fingerprint density at radius 3 is 2.06 bits per heavy atom. The molecule has 0 spiro atoms. The fraction of sp³-hybridized carbons (Fsp3) is 0.0667. The predicted octanol–water partition coefficient (Wildman–Crippen LogP) is 12.6. The van der Waals surface area contributed by atoms with Crippen molar-refractivity contribution in [3.05, 3.63) is 157 Å². The maximum absolute atomic E-state index is 6.87. The van der Waals surface area contributed by atoms with E-state index in [1.54, 1.807) is 0 Å². The van der Waals surface area contributed by atoms with Crippen molar-refractivity contribution in [3.8, 4) is 11.1 Å². The Bertz CT molecular complexity index is 2710. The third-order valence-corrected chi connectivity index (χ3v) is 10.0. The molecule has 0 saturated heterocycles. The Morgan fingerprint density at radius 2 is 1.23 bits per heavy atom. The lowest BCUT2D eigenvalue weighted by Crippen LogP contribution is -2.06. The molecule has 47 heavy (non-hydrogen) atoms. The van der Waals surface area contributed by atoms with Gasteiger partial charge in [-0.15, -0.1) is 0 Å². The third-order valence-electron chi connectivity index (χ3n) is 10.0. The van der Waals surface area contributed by atoms with Crippen LogP contribution in [0.4, 0.5) is 0 Å². The molecule has 1 aliphatic rings. The van der Waals surface area contributed by atoms with Crippen LogP contribution in [0.15, 0.2) is 142 Å². The molecule has 0 N–H and O–H groups in total. The Kier molecular flexibility index (Phi) is 5.56. The Hall–Kier alpha value is -6.04. The first-order valence-electron chi connectivity index (χ1n) is 16.2. The van der Waals surface area contributed by atoms with Crippen molar-refractivity contribution in [1.29, 1.82) is 0 Å². The molecule has 220 valence electrons. The second-order valence-corrected chi connectivity index (χ2v) is 12.7. The molecule has 2 heterocycles. The number of furan rings is 2. The van der Waals surface area contributed by atoms with Crippen molar-refractivity contribution in [2.75, 3.05) is 0 Å². The molecule has 0 radical (unpaired) electrons. The van der Waals surface area contributed by atoms with Gasteiger partial charge in [-0.2, -0.15) is 0 Å². The van der Waals surface area contributed by atoms with Gasteiger partial charge in [-0.05, 0) is 75.5 Å². The largest absolute Gasteiger partial charge is 0.452 e. The molecule has 1 unspecified atom stereocenters. The van der Waals surface area contributed by atoms with E-state index in [0.717, 1.165) is 72.2 Å². The van der Waals surface area contributed by atoms with Gasteiger partial charge in [-0.25, -0.2) is 0 Å². The van der Waals surface area contributed by atoms with Crippen LogP contribution >= 0.6 is 0 Å². The van der Waals surface area contributed by atoms with Crippen LogP contribution in [-0.4, -0.2) is 0 Å². The quantitative estimate of drug-likeness (QED) is 0.202. The summed E-state index contributed by atoms with van der Waals surface area (Å²) >= 11 is 0. The van der Waals surface area contributed by atoms with E-state index in [-0.39, 0.29) is 0 Å². The monoisotopic (exact) mass is 600 g/mol. The average molecular weight is 601 g/mol. The predicted molar refractivity (Wildman–Crippen MR) is 195 cm³/mol. The van der Waals surface area contributed by atoms with Crippen LogP contribution in [0.2, 0.25) is 0 Å². The Balaban J connectivity index is 1.26. The lowest BCUT2D eigenvalue weighted by atomic mass is 9.78. The minimum Gasteiger partial charge on any atom is -0.452 e. The van der Waals surface area contributed by atoms with Crippen LogP contribution < -0.4 is 0 Å². The van der Waals surface area contributed by atoms with E-state index >= 15 is 0 Å². The summed E-state index contributed by atoms with van der Waals surface area (Å²) in [5.74, 6) is 0.339. The zero-order valence-corrected chi connectivity index (χ0v) is 25.8. The normalized spacial score (nSPS) is 15.1. The summed E-state index contributed by atoms with van der Waals surface area (Å²) in [7, 11) is 0. The van der Waals surface area contributed by atoms with Crippen LogP contribution in [0.1, 0.15) is 24.5 Å². The molecular formula is C45H28O2. The van der Waals surface area contributed by atoms with Crippen LogP contribution in [-0.2, 0) is 0 Å². The minimum atomic E-state index is 0.339. The molecule has 2 heteroatoms. The van der Waals surface area contributed by atoms with Gasteiger partial charge in [0.25, 0.3) is 0 Å². The summed E-state index contributed by atoms with van der Waals surface area (Å²) < 4.78 is 13.3. The lowest BCUT2D eigenvalue weighted by Gasteiger charge is -2.25. The highest BCUT2D eigenvalue weighted by Crippen LogP contribution is 2.48. The highest BCUT2D eigenvalue weighted by Gasteiger charge is 2.25. The van der Waals surface area contributed by atoms with E-state index in [0.29, 0.717) is 5.92 Å². The zero-order chi connectivity index (χ0) is 31.1. The first-order chi connectivity index (χ1) is 23.2. The average Bonchev–Trinajstić information content (AvgIpc) is 3.70. The number of para-hydroxylation sites is 2. The molecule has 0 amide bonds. The maximum Gasteiger partial charge on any atom is 0.178 e. The molecule has 1 aliphatic carbocycles. The maximum atomic E-state index is 6.87. The third kappa shape index (κ3) is 3.81. The molecule has 9 aromatic rings. The summed E-state index contributed by atoms with van der Waals surface area (Å²) in [5.41, 5.74) is 10.8. The van der Waals surface area contributed by atoms with Crippen LogP contribution in [0.25, 0.3) is 87.7 Å². The standard InChI is InChI=1S/C45H28O2/c1-27-26-29(28-12-3-2-4-13-28)22-23-30(27)41-32-15-5-7-17-34(32)42(35-18-8-6-16-33(35)41)39-20-11-19-36-38-25-24-37-31-14-9-10-21-40(31)46-44(37)45(38)47-43(36)39/h2-5,7-15,17-25,27H,26H2,1H3. The van der Waals surface area contributed by atoms with Crippen molar-refractivity contribution in [2.45, 2.75) is 13.3 Å². The van der Waals surface area contributed by atoms with Gasteiger partial charge in [-0.1, -0.05) is 122 Å². The smallest absolute Gasteiger partial charge is 0.178 e. The molecule has 0 bridgehead atoms. The Morgan fingerprint density at radius 1 is 0.553 bits per heavy atom. The van der Waals surface area contributed by atoms with E-state index in [2.05, 4.69) is 134 Å². The molecule has 10 rings (SSSR count). The molecule has 0 fully saturated rings.